The van der Waals surface area contributed by atoms with Crippen molar-refractivity contribution < 1.29 is 14.3 Å². The fourth-order valence-corrected chi connectivity index (χ4v) is 3.10. The second-order valence-corrected chi connectivity index (χ2v) is 7.05. The number of rotatable bonds is 6. The second-order valence-electron chi connectivity index (χ2n) is 5.72. The highest BCUT2D eigenvalue weighted by molar-refractivity contribution is 7.17. The summed E-state index contributed by atoms with van der Waals surface area (Å²) in [5, 5.41) is 11.4. The molecule has 11 heteroatoms. The van der Waals surface area contributed by atoms with E-state index in [0.717, 1.165) is 11.3 Å². The van der Waals surface area contributed by atoms with E-state index in [9.17, 15) is 4.79 Å². The number of carbonyl (C=O) groups is 1. The summed E-state index contributed by atoms with van der Waals surface area (Å²) < 4.78 is 10.4. The van der Waals surface area contributed by atoms with Crippen molar-refractivity contribution >= 4 is 39.8 Å². The highest BCUT2D eigenvalue weighted by atomic mass is 35.5. The molecule has 3 heterocycles. The molecule has 0 saturated heterocycles. The van der Waals surface area contributed by atoms with Gasteiger partial charge in [-0.1, -0.05) is 16.7 Å². The third-order valence-electron chi connectivity index (χ3n) is 3.74. The Kier molecular flexibility index (Phi) is 5.90. The van der Waals surface area contributed by atoms with Gasteiger partial charge in [-0.25, -0.2) is 9.97 Å². The third-order valence-corrected chi connectivity index (χ3v) is 4.74. The number of carbonyl (C=O) groups excluding carboxylic acids is 1. The van der Waals surface area contributed by atoms with Gasteiger partial charge in [0, 0.05) is 31.4 Å². The van der Waals surface area contributed by atoms with Crippen LogP contribution in [0.25, 0.3) is 11.1 Å². The molecule has 0 radical (unpaired) electrons. The van der Waals surface area contributed by atoms with E-state index in [-0.39, 0.29) is 11.1 Å². The molecule has 0 fully saturated rings. The number of halogens is 1. The zero-order valence-electron chi connectivity index (χ0n) is 15.6. The third kappa shape index (κ3) is 4.12. The number of amides is 1. The van der Waals surface area contributed by atoms with Crippen LogP contribution in [0.3, 0.4) is 0 Å². The Bertz CT molecular complexity index is 1010. The Morgan fingerprint density at radius 3 is 2.54 bits per heavy atom. The molecule has 146 valence electrons. The Balaban J connectivity index is 2.08. The van der Waals surface area contributed by atoms with Crippen molar-refractivity contribution in [2.75, 3.05) is 38.5 Å². The van der Waals surface area contributed by atoms with Crippen LogP contribution in [-0.4, -0.2) is 54.4 Å². The van der Waals surface area contributed by atoms with Crippen LogP contribution in [0.4, 0.5) is 10.9 Å². The largest absolute Gasteiger partial charge is 0.494 e. The molecule has 0 saturated carbocycles. The van der Waals surface area contributed by atoms with Gasteiger partial charge in [-0.05, 0) is 23.5 Å². The van der Waals surface area contributed by atoms with E-state index in [0.29, 0.717) is 38.6 Å². The molecule has 1 amide bonds. The van der Waals surface area contributed by atoms with Gasteiger partial charge < -0.3 is 14.4 Å². The van der Waals surface area contributed by atoms with Crippen LogP contribution < -0.4 is 19.7 Å². The predicted molar refractivity (Wildman–Crippen MR) is 108 cm³/mol. The maximum Gasteiger partial charge on any atom is 0.295 e. The lowest BCUT2D eigenvalue weighted by Crippen LogP contribution is -2.16. The van der Waals surface area contributed by atoms with Gasteiger partial charge in [0.05, 0.1) is 26.0 Å². The lowest BCUT2D eigenvalue weighted by Gasteiger charge is -2.16. The molecule has 1 N–H and O–H groups in total. The summed E-state index contributed by atoms with van der Waals surface area (Å²) in [6.07, 6.45) is 3.09. The Hall–Kier alpha value is -2.98. The van der Waals surface area contributed by atoms with Crippen molar-refractivity contribution in [3.8, 4) is 22.1 Å². The Morgan fingerprint density at radius 1 is 1.11 bits per heavy atom. The molecule has 3 rings (SSSR count). The van der Waals surface area contributed by atoms with Crippen LogP contribution in [-0.2, 0) is 0 Å². The minimum Gasteiger partial charge on any atom is -0.494 e. The van der Waals surface area contributed by atoms with E-state index in [4.69, 9.17) is 21.1 Å². The molecular formula is C17H17ClN6O3S. The summed E-state index contributed by atoms with van der Waals surface area (Å²) in [7, 11) is 6.67. The van der Waals surface area contributed by atoms with Gasteiger partial charge in [0.1, 0.15) is 16.7 Å². The Labute approximate surface area is 170 Å². The monoisotopic (exact) mass is 420 g/mol. The molecule has 0 unspecified atom stereocenters. The van der Waals surface area contributed by atoms with Crippen LogP contribution in [0.2, 0.25) is 5.15 Å². The molecule has 0 spiro atoms. The van der Waals surface area contributed by atoms with Crippen LogP contribution in [0, 0.1) is 0 Å². The zero-order chi connectivity index (χ0) is 20.3. The molecule has 0 atom stereocenters. The summed E-state index contributed by atoms with van der Waals surface area (Å²) in [6, 6.07) is 3.30. The summed E-state index contributed by atoms with van der Waals surface area (Å²) in [5.41, 5.74) is 1.51. The molecule has 0 aliphatic heterocycles. The summed E-state index contributed by atoms with van der Waals surface area (Å²) in [6.45, 7) is 0. The molecule has 0 aliphatic carbocycles. The number of nitrogens with one attached hydrogen (secondary N) is 1. The lowest BCUT2D eigenvalue weighted by molar-refractivity contribution is 0.102. The minimum atomic E-state index is -0.380. The van der Waals surface area contributed by atoms with Gasteiger partial charge in [-0.3, -0.25) is 10.1 Å². The van der Waals surface area contributed by atoms with Gasteiger partial charge in [-0.2, -0.15) is 0 Å². The molecular weight excluding hydrogens is 404 g/mol. The fourth-order valence-electron chi connectivity index (χ4n) is 2.39. The van der Waals surface area contributed by atoms with Crippen molar-refractivity contribution in [1.29, 1.82) is 0 Å². The summed E-state index contributed by atoms with van der Waals surface area (Å²) in [4.78, 5) is 23.2. The highest BCUT2D eigenvalue weighted by Crippen LogP contribution is 2.35. The zero-order valence-corrected chi connectivity index (χ0v) is 17.1. The number of hydrogen-bond donors (Lipinski definition) is 1. The molecule has 0 aromatic carbocycles. The molecule has 0 bridgehead atoms. The SMILES string of the molecule is COc1nnc(NC(=O)c2cc(N(C)C)ncc2-c2cc(Cl)ncc2OC)s1. The number of anilines is 2. The Morgan fingerprint density at radius 2 is 1.89 bits per heavy atom. The van der Waals surface area contributed by atoms with Crippen molar-refractivity contribution in [2.24, 2.45) is 0 Å². The number of methoxy groups -OCH3 is 2. The van der Waals surface area contributed by atoms with Gasteiger partial charge in [0.25, 0.3) is 11.1 Å². The first kappa shape index (κ1) is 19.8. The molecule has 0 aliphatic rings. The number of pyridine rings is 2. The van der Waals surface area contributed by atoms with Gasteiger partial charge >= 0.3 is 0 Å². The predicted octanol–water partition coefficient (Wildman–Crippen LogP) is 2.98. The van der Waals surface area contributed by atoms with E-state index in [1.165, 1.54) is 20.4 Å². The van der Waals surface area contributed by atoms with Crippen LogP contribution >= 0.6 is 22.9 Å². The summed E-state index contributed by atoms with van der Waals surface area (Å²) in [5.74, 6) is 0.701. The van der Waals surface area contributed by atoms with E-state index >= 15 is 0 Å². The quantitative estimate of drug-likeness (QED) is 0.607. The average Bonchev–Trinajstić information content (AvgIpc) is 3.15. The van der Waals surface area contributed by atoms with E-state index < -0.39 is 0 Å². The van der Waals surface area contributed by atoms with Crippen LogP contribution in [0.15, 0.2) is 24.5 Å². The minimum absolute atomic E-state index is 0.271. The molecule has 9 nitrogen and oxygen atoms in total. The first-order valence-electron chi connectivity index (χ1n) is 7.99. The van der Waals surface area contributed by atoms with E-state index in [1.807, 2.05) is 14.1 Å². The number of hydrogen-bond acceptors (Lipinski definition) is 9. The van der Waals surface area contributed by atoms with Crippen LogP contribution in [0.1, 0.15) is 10.4 Å². The average molecular weight is 421 g/mol. The standard InChI is InChI=1S/C17H17ClN6O3S/c1-24(2)14-6-10(15(25)21-16-22-23-17(27-4)28-16)11(7-20-14)9-5-13(18)19-8-12(9)26-3/h5-8H,1-4H3,(H,21,22,25). The number of nitrogens with zero attached hydrogens (tertiary/aromatic N) is 5. The lowest BCUT2D eigenvalue weighted by atomic mass is 10.0. The van der Waals surface area contributed by atoms with E-state index in [2.05, 4.69) is 25.5 Å². The second kappa shape index (κ2) is 8.36. The summed E-state index contributed by atoms with van der Waals surface area (Å²) >= 11 is 7.18. The molecule has 3 aromatic rings. The van der Waals surface area contributed by atoms with Crippen molar-refractivity contribution in [1.82, 2.24) is 20.2 Å². The first-order chi connectivity index (χ1) is 13.4. The number of aromatic nitrogens is 4. The van der Waals surface area contributed by atoms with Crippen LogP contribution in [0.5, 0.6) is 10.9 Å². The normalized spacial score (nSPS) is 10.5. The van der Waals surface area contributed by atoms with Crippen molar-refractivity contribution in [3.63, 3.8) is 0 Å². The van der Waals surface area contributed by atoms with E-state index in [1.54, 1.807) is 23.2 Å². The molecule has 28 heavy (non-hydrogen) atoms. The fraction of sp³-hybridized carbons (Fsp3) is 0.235. The number of ether oxygens (including phenoxy) is 2. The van der Waals surface area contributed by atoms with Crippen molar-refractivity contribution in [3.05, 3.63) is 35.2 Å². The smallest absolute Gasteiger partial charge is 0.295 e. The maximum absolute atomic E-state index is 13.0. The van der Waals surface area contributed by atoms with Gasteiger partial charge in [0.15, 0.2) is 0 Å². The molecule has 3 aromatic heterocycles. The first-order valence-corrected chi connectivity index (χ1v) is 9.18. The van der Waals surface area contributed by atoms with Gasteiger partial charge in [-0.15, -0.1) is 5.10 Å². The maximum atomic E-state index is 13.0. The van der Waals surface area contributed by atoms with Crippen molar-refractivity contribution in [2.45, 2.75) is 0 Å². The van der Waals surface area contributed by atoms with Gasteiger partial charge in [0.2, 0.25) is 5.13 Å². The highest BCUT2D eigenvalue weighted by Gasteiger charge is 2.20. The topological polar surface area (TPSA) is 102 Å².